The Kier molecular flexibility index (Phi) is 8.90. The Morgan fingerprint density at radius 1 is 1.20 bits per heavy atom. The third kappa shape index (κ3) is 5.66. The van der Waals surface area contributed by atoms with Crippen molar-refractivity contribution >= 4 is 46.1 Å². The molecule has 2 fully saturated rings. The lowest BCUT2D eigenvalue weighted by Gasteiger charge is -2.45. The predicted molar refractivity (Wildman–Crippen MR) is 172 cm³/mol. The van der Waals surface area contributed by atoms with Crippen molar-refractivity contribution in [2.75, 3.05) is 39.8 Å². The summed E-state index contributed by atoms with van der Waals surface area (Å²) >= 11 is 6.58. The highest BCUT2D eigenvalue weighted by atomic mass is 35.5. The molecule has 2 aromatic rings. The summed E-state index contributed by atoms with van der Waals surface area (Å²) in [6.45, 7) is 4.74. The summed E-state index contributed by atoms with van der Waals surface area (Å²) < 4.78 is 37.1. The molecule has 2 saturated heterocycles. The molecule has 1 amide bonds. The first kappa shape index (κ1) is 31.4. The fourth-order valence-electron chi connectivity index (χ4n) is 6.84. The summed E-state index contributed by atoms with van der Waals surface area (Å²) in [7, 11) is 1.81. The van der Waals surface area contributed by atoms with Crippen LogP contribution in [-0.4, -0.2) is 96.9 Å². The highest BCUT2D eigenvalue weighted by Crippen LogP contribution is 2.42. The van der Waals surface area contributed by atoms with Crippen molar-refractivity contribution in [2.24, 2.45) is 15.9 Å². The smallest absolute Gasteiger partial charge is 0.246 e. The number of alkyl halides is 1. The lowest BCUT2D eigenvalue weighted by atomic mass is 9.85. The van der Waals surface area contributed by atoms with Gasteiger partial charge in [0.1, 0.15) is 36.2 Å². The van der Waals surface area contributed by atoms with Gasteiger partial charge in [-0.15, -0.1) is 0 Å². The monoisotopic (exact) mass is 643 g/mol. The number of likely N-dealkylation sites (N-methyl/N-ethyl adjacent to an activating group) is 1. The Labute approximate surface area is 271 Å². The van der Waals surface area contributed by atoms with Crippen LogP contribution in [0.3, 0.4) is 0 Å². The maximum absolute atomic E-state index is 16.8. The van der Waals surface area contributed by atoms with E-state index in [9.17, 15) is 19.7 Å². The Balaban J connectivity index is 1.42. The number of hydrogen-bond donors (Lipinski definition) is 0. The normalized spacial score (nSPS) is 26.5. The van der Waals surface area contributed by atoms with Crippen LogP contribution in [0.25, 0.3) is 16.5 Å². The number of ether oxygens (including phenoxy) is 1. The zero-order chi connectivity index (χ0) is 32.5. The summed E-state index contributed by atoms with van der Waals surface area (Å²) in [5, 5.41) is 22.0. The molecule has 4 aliphatic heterocycles. The second-order valence-corrected chi connectivity index (χ2v) is 12.2. The van der Waals surface area contributed by atoms with Gasteiger partial charge in [0.15, 0.2) is 5.83 Å². The van der Waals surface area contributed by atoms with Crippen LogP contribution in [0.4, 0.5) is 8.78 Å². The molecule has 46 heavy (non-hydrogen) atoms. The molecular formula is C34H32ClF2N7O2. The molecule has 12 heteroatoms. The molecule has 2 unspecified atom stereocenters. The number of amides is 1. The quantitative estimate of drug-likeness (QED) is 0.407. The molecule has 4 heterocycles. The van der Waals surface area contributed by atoms with E-state index in [0.717, 1.165) is 5.39 Å². The van der Waals surface area contributed by atoms with Gasteiger partial charge < -0.3 is 14.5 Å². The number of halogens is 3. The van der Waals surface area contributed by atoms with E-state index in [0.29, 0.717) is 28.2 Å². The van der Waals surface area contributed by atoms with Crippen LogP contribution in [-0.2, 0) is 9.53 Å². The van der Waals surface area contributed by atoms with E-state index in [2.05, 4.69) is 28.7 Å². The van der Waals surface area contributed by atoms with Crippen LogP contribution in [0.5, 0.6) is 0 Å². The molecule has 0 N–H and O–H groups in total. The molecule has 5 atom stereocenters. The maximum Gasteiger partial charge on any atom is 0.246 e. The third-order valence-electron chi connectivity index (χ3n) is 9.11. The summed E-state index contributed by atoms with van der Waals surface area (Å²) in [4.78, 5) is 27.2. The van der Waals surface area contributed by atoms with Crippen LogP contribution in [0, 0.1) is 28.6 Å². The molecule has 0 aliphatic carbocycles. The van der Waals surface area contributed by atoms with Gasteiger partial charge in [-0.05, 0) is 31.0 Å². The molecule has 6 rings (SSSR count). The fraction of sp³-hybridized carbons (Fsp3) is 0.382. The van der Waals surface area contributed by atoms with Gasteiger partial charge >= 0.3 is 0 Å². The Bertz CT molecular complexity index is 1790. The van der Waals surface area contributed by atoms with Gasteiger partial charge in [-0.1, -0.05) is 48.5 Å². The largest absolute Gasteiger partial charge is 0.475 e. The molecule has 0 bridgehead atoms. The number of benzene rings is 2. The first-order chi connectivity index (χ1) is 22.2. The minimum Gasteiger partial charge on any atom is -0.475 e. The summed E-state index contributed by atoms with van der Waals surface area (Å²) in [6.07, 6.45) is 2.16. The number of piperazine rings is 1. The maximum atomic E-state index is 16.8. The number of rotatable bonds is 6. The minimum absolute atomic E-state index is 0.0309. The lowest BCUT2D eigenvalue weighted by molar-refractivity contribution is -0.130. The van der Waals surface area contributed by atoms with E-state index in [1.807, 2.05) is 34.1 Å². The Hall–Kier alpha value is -4.58. The average molecular weight is 644 g/mol. The van der Waals surface area contributed by atoms with Gasteiger partial charge in [0.05, 0.1) is 24.4 Å². The number of carbonyl (C=O) groups excluding carboxylic acids is 1. The van der Waals surface area contributed by atoms with Gasteiger partial charge in [-0.2, -0.15) is 10.5 Å². The molecule has 236 valence electrons. The van der Waals surface area contributed by atoms with Crippen molar-refractivity contribution in [2.45, 2.75) is 37.1 Å². The van der Waals surface area contributed by atoms with Crippen LogP contribution in [0.2, 0.25) is 5.02 Å². The van der Waals surface area contributed by atoms with Gasteiger partial charge in [-0.25, -0.2) is 13.8 Å². The lowest BCUT2D eigenvalue weighted by Crippen LogP contribution is -2.56. The van der Waals surface area contributed by atoms with Crippen molar-refractivity contribution in [1.29, 1.82) is 10.5 Å². The molecule has 4 aliphatic rings. The van der Waals surface area contributed by atoms with Crippen molar-refractivity contribution in [3.63, 3.8) is 0 Å². The van der Waals surface area contributed by atoms with Crippen LogP contribution in [0.15, 0.2) is 76.1 Å². The molecule has 0 radical (unpaired) electrons. The number of hydrogen-bond acceptors (Lipinski definition) is 8. The molecular weight excluding hydrogens is 612 g/mol. The van der Waals surface area contributed by atoms with E-state index < -0.39 is 30.0 Å². The number of carbonyl (C=O) groups is 1. The Morgan fingerprint density at radius 3 is 2.67 bits per heavy atom. The first-order valence-corrected chi connectivity index (χ1v) is 15.5. The number of nitriles is 2. The van der Waals surface area contributed by atoms with Gasteiger partial charge in [0, 0.05) is 60.1 Å². The summed E-state index contributed by atoms with van der Waals surface area (Å²) in [5.41, 5.74) is 1.18. The minimum atomic E-state index is -1.11. The zero-order valence-electron chi connectivity index (χ0n) is 25.2. The fourth-order valence-corrected chi connectivity index (χ4v) is 7.12. The van der Waals surface area contributed by atoms with Crippen LogP contribution < -0.4 is 0 Å². The van der Waals surface area contributed by atoms with E-state index in [1.165, 1.54) is 6.08 Å². The average Bonchev–Trinajstić information content (AvgIpc) is 3.39. The number of nitrogens with zero attached hydrogens (tertiary/aromatic N) is 7. The van der Waals surface area contributed by atoms with Gasteiger partial charge in [0.2, 0.25) is 11.8 Å². The van der Waals surface area contributed by atoms with E-state index in [4.69, 9.17) is 16.3 Å². The second-order valence-electron chi connectivity index (χ2n) is 11.8. The van der Waals surface area contributed by atoms with Crippen LogP contribution >= 0.6 is 11.6 Å². The van der Waals surface area contributed by atoms with E-state index in [-0.39, 0.29) is 68.2 Å². The summed E-state index contributed by atoms with van der Waals surface area (Å²) in [6, 6.07) is 13.4. The van der Waals surface area contributed by atoms with Gasteiger partial charge in [-0.3, -0.25) is 14.7 Å². The molecule has 0 spiro atoms. The predicted octanol–water partition coefficient (Wildman–Crippen LogP) is 5.06. The van der Waals surface area contributed by atoms with Crippen molar-refractivity contribution in [3.8, 4) is 12.1 Å². The van der Waals surface area contributed by atoms with Crippen LogP contribution in [0.1, 0.15) is 18.4 Å². The summed E-state index contributed by atoms with van der Waals surface area (Å²) in [5.74, 6) is -1.69. The molecule has 2 aromatic carbocycles. The molecule has 0 saturated carbocycles. The van der Waals surface area contributed by atoms with Crippen molar-refractivity contribution < 1.29 is 18.3 Å². The molecule has 0 aromatic heterocycles. The van der Waals surface area contributed by atoms with Crippen molar-refractivity contribution in [1.82, 2.24) is 14.7 Å². The number of aliphatic imine (C=N–C) groups is 2. The van der Waals surface area contributed by atoms with E-state index in [1.54, 1.807) is 30.3 Å². The number of fused-ring (bicyclic) bond motifs is 2. The second kappa shape index (κ2) is 13.0. The van der Waals surface area contributed by atoms with Gasteiger partial charge in [0.25, 0.3) is 0 Å². The zero-order valence-corrected chi connectivity index (χ0v) is 26.0. The highest BCUT2D eigenvalue weighted by Gasteiger charge is 2.44. The standard InChI is InChI=1S/C34H32ClF2N7O2/c1-3-28(45)44-13-12-43(18-22(44)10-11-38)33-25(15-39)34(46-19-23-14-21(36)17-42(23)2)41-32-26(33)16-40-31(30(32)37)24-8-4-6-20-7-5-9-27(35)29(20)24/h3-9,16,21-23,26,32H,1,10,12-14,17-19H2,2H3/t21-,22+,23+,26?,32?/m1/s1. The topological polar surface area (TPSA) is 108 Å². The SMILES string of the molecule is C=CC(=O)N1CCN(C2=C(C#N)C(OC[C@@H]3C[C@@H](F)CN3C)=NC3C(F)=C(c4cccc5cccc(Cl)c45)N=CC23)C[C@@H]1CC#N. The highest BCUT2D eigenvalue weighted by molar-refractivity contribution is 6.36. The number of dihydropyridines is 1. The third-order valence-corrected chi connectivity index (χ3v) is 9.43. The van der Waals surface area contributed by atoms with Crippen molar-refractivity contribution in [3.05, 3.63) is 76.7 Å². The van der Waals surface area contributed by atoms with E-state index >= 15 is 4.39 Å². The first-order valence-electron chi connectivity index (χ1n) is 15.1. The Morgan fingerprint density at radius 2 is 1.98 bits per heavy atom. The number of likely N-dealkylation sites (tertiary alicyclic amines) is 1. The molecule has 9 nitrogen and oxygen atoms in total.